The molecule has 3 N–H and O–H groups in total. The quantitative estimate of drug-likeness (QED) is 0.679. The summed E-state index contributed by atoms with van der Waals surface area (Å²) in [6, 6.07) is 4.05. The first-order chi connectivity index (χ1) is 10.2. The maximum absolute atomic E-state index is 6.24. The van der Waals surface area contributed by atoms with Crippen LogP contribution in [0.3, 0.4) is 0 Å². The van der Waals surface area contributed by atoms with E-state index in [4.69, 9.17) is 17.3 Å². The molecule has 0 spiro atoms. The number of aryl methyl sites for hydroxylation is 2. The van der Waals surface area contributed by atoms with E-state index in [0.29, 0.717) is 0 Å². The van der Waals surface area contributed by atoms with Crippen molar-refractivity contribution in [3.8, 4) is 10.7 Å². The van der Waals surface area contributed by atoms with Gasteiger partial charge in [0, 0.05) is 27.5 Å². The zero-order valence-electron chi connectivity index (χ0n) is 11.9. The number of thiazole rings is 1. The molecule has 0 bridgehead atoms. The summed E-state index contributed by atoms with van der Waals surface area (Å²) in [5.74, 6) is 0. The van der Waals surface area contributed by atoms with E-state index >= 15 is 0 Å². The number of hydrogen-bond acceptors (Lipinski definition) is 3. The summed E-state index contributed by atoms with van der Waals surface area (Å²) >= 11 is 7.90. The van der Waals surface area contributed by atoms with Crippen LogP contribution in [0, 0.1) is 6.92 Å². The summed E-state index contributed by atoms with van der Waals surface area (Å²) in [5, 5.41) is 5.03. The molecule has 110 valence electrons. The van der Waals surface area contributed by atoms with Crippen molar-refractivity contribution in [2.24, 2.45) is 5.73 Å². The second kappa shape index (κ2) is 6.18. The van der Waals surface area contributed by atoms with E-state index in [2.05, 4.69) is 23.0 Å². The average Bonchev–Trinajstić information content (AvgIpc) is 3.07. The van der Waals surface area contributed by atoms with Crippen molar-refractivity contribution in [1.29, 1.82) is 0 Å². The van der Waals surface area contributed by atoms with Crippen LogP contribution in [0.25, 0.3) is 21.6 Å². The Labute approximate surface area is 133 Å². The lowest BCUT2D eigenvalue weighted by Crippen LogP contribution is -1.99. The van der Waals surface area contributed by atoms with Crippen molar-refractivity contribution >= 4 is 33.8 Å². The zero-order chi connectivity index (χ0) is 14.8. The molecule has 3 rings (SSSR count). The molecule has 0 aliphatic heterocycles. The number of rotatable bonds is 5. The van der Waals surface area contributed by atoms with E-state index < -0.39 is 0 Å². The highest BCUT2D eigenvalue weighted by molar-refractivity contribution is 7.13. The van der Waals surface area contributed by atoms with Crippen molar-refractivity contribution in [3.63, 3.8) is 0 Å². The summed E-state index contributed by atoms with van der Waals surface area (Å²) in [4.78, 5) is 8.00. The molecule has 0 fully saturated rings. The van der Waals surface area contributed by atoms with E-state index in [1.165, 1.54) is 16.5 Å². The van der Waals surface area contributed by atoms with Crippen LogP contribution >= 0.6 is 22.9 Å². The molecule has 5 heteroatoms. The van der Waals surface area contributed by atoms with Gasteiger partial charge in [-0.1, -0.05) is 11.6 Å². The number of unbranched alkanes of at least 4 members (excludes halogenated alkanes) is 1. The molecule has 2 aromatic heterocycles. The predicted molar refractivity (Wildman–Crippen MR) is 91.1 cm³/mol. The van der Waals surface area contributed by atoms with Gasteiger partial charge in [0.2, 0.25) is 0 Å². The van der Waals surface area contributed by atoms with Crippen molar-refractivity contribution in [1.82, 2.24) is 9.97 Å². The first kappa shape index (κ1) is 14.6. The van der Waals surface area contributed by atoms with Gasteiger partial charge in [0.25, 0.3) is 0 Å². The number of halogens is 1. The lowest BCUT2D eigenvalue weighted by Gasteiger charge is -2.03. The fourth-order valence-corrected chi connectivity index (χ4v) is 3.65. The molecule has 3 aromatic rings. The maximum atomic E-state index is 6.24. The lowest BCUT2D eigenvalue weighted by atomic mass is 10.0. The zero-order valence-corrected chi connectivity index (χ0v) is 13.5. The second-order valence-electron chi connectivity index (χ2n) is 5.21. The van der Waals surface area contributed by atoms with Crippen LogP contribution in [0.2, 0.25) is 5.02 Å². The maximum Gasteiger partial charge on any atom is 0.139 e. The van der Waals surface area contributed by atoms with Crippen molar-refractivity contribution in [2.45, 2.75) is 26.2 Å². The van der Waals surface area contributed by atoms with Gasteiger partial charge in [-0.25, -0.2) is 4.98 Å². The topological polar surface area (TPSA) is 54.7 Å². The van der Waals surface area contributed by atoms with E-state index in [1.807, 2.05) is 17.6 Å². The summed E-state index contributed by atoms with van der Waals surface area (Å²) in [7, 11) is 0. The number of aromatic nitrogens is 2. The lowest BCUT2D eigenvalue weighted by molar-refractivity contribution is 0.748. The van der Waals surface area contributed by atoms with Crippen LogP contribution in [-0.2, 0) is 6.42 Å². The minimum absolute atomic E-state index is 0.731. The van der Waals surface area contributed by atoms with Gasteiger partial charge in [0.1, 0.15) is 5.01 Å². The van der Waals surface area contributed by atoms with Crippen molar-refractivity contribution in [3.05, 3.63) is 39.9 Å². The van der Waals surface area contributed by atoms with Gasteiger partial charge < -0.3 is 10.7 Å². The molecule has 21 heavy (non-hydrogen) atoms. The number of aromatic amines is 1. The molecule has 0 aliphatic carbocycles. The van der Waals surface area contributed by atoms with Gasteiger partial charge in [-0.3, -0.25) is 0 Å². The Morgan fingerprint density at radius 1 is 1.33 bits per heavy atom. The monoisotopic (exact) mass is 319 g/mol. The highest BCUT2D eigenvalue weighted by Gasteiger charge is 2.16. The van der Waals surface area contributed by atoms with Gasteiger partial charge >= 0.3 is 0 Å². The average molecular weight is 320 g/mol. The third-order valence-electron chi connectivity index (χ3n) is 3.70. The molecule has 0 atom stereocenters. The molecule has 1 aromatic carbocycles. The minimum atomic E-state index is 0.731. The largest absolute Gasteiger partial charge is 0.352 e. The Morgan fingerprint density at radius 3 is 2.90 bits per heavy atom. The molecular weight excluding hydrogens is 302 g/mol. The number of fused-ring (bicyclic) bond motifs is 1. The van der Waals surface area contributed by atoms with Gasteiger partial charge in [-0.05, 0) is 56.0 Å². The normalized spacial score (nSPS) is 11.4. The molecule has 0 amide bonds. The van der Waals surface area contributed by atoms with Crippen molar-refractivity contribution < 1.29 is 0 Å². The Hall–Kier alpha value is -1.36. The Balaban J connectivity index is 2.16. The molecule has 2 heterocycles. The predicted octanol–water partition coefficient (Wildman–Crippen LogP) is 4.53. The molecule has 0 saturated carbocycles. The number of H-pyrrole nitrogens is 1. The van der Waals surface area contributed by atoms with Crippen molar-refractivity contribution in [2.75, 3.05) is 6.54 Å². The van der Waals surface area contributed by atoms with Gasteiger partial charge in [0.15, 0.2) is 0 Å². The summed E-state index contributed by atoms with van der Waals surface area (Å²) in [6.07, 6.45) is 4.94. The number of hydrogen-bond donors (Lipinski definition) is 2. The SMILES string of the molecule is Cc1cc(Cl)cc2c(CCCCN)c(-c3nccs3)[nH]c12. The van der Waals surface area contributed by atoms with Gasteiger partial charge in [-0.15, -0.1) is 11.3 Å². The van der Waals surface area contributed by atoms with Crippen LogP contribution in [0.15, 0.2) is 23.7 Å². The Morgan fingerprint density at radius 2 is 2.19 bits per heavy atom. The molecule has 3 nitrogen and oxygen atoms in total. The highest BCUT2D eigenvalue weighted by atomic mass is 35.5. The van der Waals surface area contributed by atoms with Crippen LogP contribution < -0.4 is 5.73 Å². The molecule has 0 aliphatic rings. The molecule has 0 saturated heterocycles. The first-order valence-corrected chi connectivity index (χ1v) is 8.37. The van der Waals surface area contributed by atoms with Gasteiger partial charge in [0.05, 0.1) is 5.69 Å². The number of nitrogens with two attached hydrogens (primary N) is 1. The third kappa shape index (κ3) is 2.84. The minimum Gasteiger partial charge on any atom is -0.352 e. The summed E-state index contributed by atoms with van der Waals surface area (Å²) in [5.41, 5.74) is 10.4. The fraction of sp³-hybridized carbons (Fsp3) is 0.312. The number of nitrogens with zero attached hydrogens (tertiary/aromatic N) is 1. The van der Waals surface area contributed by atoms with E-state index in [1.54, 1.807) is 11.3 Å². The summed E-state index contributed by atoms with van der Waals surface area (Å²) < 4.78 is 0. The molecule has 0 radical (unpaired) electrons. The van der Waals surface area contributed by atoms with E-state index in [-0.39, 0.29) is 0 Å². The Bertz CT molecular complexity index is 747. The van der Waals surface area contributed by atoms with Crippen LogP contribution in [0.4, 0.5) is 0 Å². The standard InChI is InChI=1S/C16H18ClN3S/c1-10-8-11(17)9-13-12(4-2-3-5-18)15(20-14(10)13)16-19-6-7-21-16/h6-9,20H,2-5,18H2,1H3. The first-order valence-electron chi connectivity index (χ1n) is 7.11. The Kier molecular flexibility index (Phi) is 4.29. The summed E-state index contributed by atoms with van der Waals surface area (Å²) in [6.45, 7) is 2.81. The van der Waals surface area contributed by atoms with Crippen LogP contribution in [0.5, 0.6) is 0 Å². The third-order valence-corrected chi connectivity index (χ3v) is 4.71. The highest BCUT2D eigenvalue weighted by Crippen LogP contribution is 2.35. The fourth-order valence-electron chi connectivity index (χ4n) is 2.72. The number of benzene rings is 1. The van der Waals surface area contributed by atoms with Crippen LogP contribution in [0.1, 0.15) is 24.0 Å². The molecule has 0 unspecified atom stereocenters. The number of nitrogens with one attached hydrogen (secondary N) is 1. The second-order valence-corrected chi connectivity index (χ2v) is 6.54. The van der Waals surface area contributed by atoms with E-state index in [0.717, 1.165) is 47.0 Å². The molecular formula is C16H18ClN3S. The smallest absolute Gasteiger partial charge is 0.139 e. The van der Waals surface area contributed by atoms with Gasteiger partial charge in [-0.2, -0.15) is 0 Å². The van der Waals surface area contributed by atoms with E-state index in [9.17, 15) is 0 Å². The van der Waals surface area contributed by atoms with Crippen LogP contribution in [-0.4, -0.2) is 16.5 Å².